The molecular weight excluding hydrogens is 404 g/mol. The van der Waals surface area contributed by atoms with Crippen LogP contribution in [0.3, 0.4) is 0 Å². The summed E-state index contributed by atoms with van der Waals surface area (Å²) in [6, 6.07) is 18.6. The van der Waals surface area contributed by atoms with E-state index >= 15 is 4.39 Å². The third-order valence-electron chi connectivity index (χ3n) is 6.99. The van der Waals surface area contributed by atoms with Gasteiger partial charge in [-0.1, -0.05) is 86.1 Å². The molecule has 1 aliphatic carbocycles. The van der Waals surface area contributed by atoms with Gasteiger partial charge in [0.2, 0.25) is 0 Å². The van der Waals surface area contributed by atoms with Crippen LogP contribution in [0.4, 0.5) is 8.78 Å². The zero-order valence-electron chi connectivity index (χ0n) is 18.1. The van der Waals surface area contributed by atoms with Gasteiger partial charge in [-0.15, -0.1) is 0 Å². The number of hydrogen-bond acceptors (Lipinski definition) is 1. The lowest BCUT2D eigenvalue weighted by molar-refractivity contribution is 0.248. The minimum Gasteiger partial charge on any atom is -0.233 e. The van der Waals surface area contributed by atoms with Crippen LogP contribution in [-0.2, 0) is 5.67 Å². The number of allylic oxidation sites excluding steroid dienone is 4. The Labute approximate surface area is 185 Å². The van der Waals surface area contributed by atoms with Crippen LogP contribution in [0.2, 0.25) is 18.1 Å². The maximum absolute atomic E-state index is 16.6. The van der Waals surface area contributed by atoms with Crippen LogP contribution in [-0.4, -0.2) is 8.80 Å². The van der Waals surface area contributed by atoms with Gasteiger partial charge < -0.3 is 0 Å². The highest BCUT2D eigenvalue weighted by Crippen LogP contribution is 2.47. The first-order valence-electron chi connectivity index (χ1n) is 11.4. The van der Waals surface area contributed by atoms with Crippen molar-refractivity contribution in [2.45, 2.75) is 62.3 Å². The number of rotatable bonds is 5. The van der Waals surface area contributed by atoms with E-state index in [1.807, 2.05) is 24.3 Å². The summed E-state index contributed by atoms with van der Waals surface area (Å²) >= 11 is 0. The highest BCUT2D eigenvalue weighted by molar-refractivity contribution is 6.59. The molecule has 4 heteroatoms. The number of hydrogen-bond donors (Lipinski definition) is 0. The number of benzene rings is 2. The smallest absolute Gasteiger partial charge is 0.165 e. The van der Waals surface area contributed by atoms with Gasteiger partial charge in [0.05, 0.1) is 5.56 Å². The van der Waals surface area contributed by atoms with Gasteiger partial charge in [-0.3, -0.25) is 0 Å². The van der Waals surface area contributed by atoms with Gasteiger partial charge in [0.15, 0.2) is 5.67 Å². The third kappa shape index (κ3) is 4.29. The molecule has 2 aliphatic rings. The van der Waals surface area contributed by atoms with Gasteiger partial charge >= 0.3 is 0 Å². The van der Waals surface area contributed by atoms with Gasteiger partial charge in [0.1, 0.15) is 11.9 Å². The van der Waals surface area contributed by atoms with Crippen LogP contribution in [0.15, 0.2) is 60.7 Å². The number of nitrogens with zero attached hydrogens (tertiary/aromatic N) is 1. The lowest BCUT2D eigenvalue weighted by Gasteiger charge is -2.32. The van der Waals surface area contributed by atoms with Crippen LogP contribution in [0.5, 0.6) is 0 Å². The monoisotopic (exact) mass is 433 g/mol. The highest BCUT2D eigenvalue weighted by Gasteiger charge is 2.39. The number of nitriles is 1. The summed E-state index contributed by atoms with van der Waals surface area (Å²) < 4.78 is 31.6. The minimum absolute atomic E-state index is 0.0583. The van der Waals surface area contributed by atoms with E-state index in [9.17, 15) is 9.65 Å². The van der Waals surface area contributed by atoms with Crippen molar-refractivity contribution in [1.29, 1.82) is 5.26 Å². The average molecular weight is 434 g/mol. The average Bonchev–Trinajstić information content (AvgIpc) is 2.81. The second-order valence-electron chi connectivity index (χ2n) is 8.92. The molecule has 0 amide bonds. The second kappa shape index (κ2) is 9.32. The van der Waals surface area contributed by atoms with Crippen LogP contribution in [0, 0.1) is 17.1 Å². The molecule has 0 bridgehead atoms. The summed E-state index contributed by atoms with van der Waals surface area (Å²) in [6.07, 6.45) is 9.10. The maximum Gasteiger partial charge on any atom is 0.165 e. The summed E-state index contributed by atoms with van der Waals surface area (Å²) in [5, 5.41) is 9.21. The molecule has 1 nitrogen and oxygen atoms in total. The molecule has 1 unspecified atom stereocenters. The summed E-state index contributed by atoms with van der Waals surface area (Å²) in [4.78, 5) is 0. The van der Waals surface area contributed by atoms with Crippen LogP contribution in [0.1, 0.15) is 60.8 Å². The van der Waals surface area contributed by atoms with Crippen molar-refractivity contribution in [2.75, 3.05) is 0 Å². The topological polar surface area (TPSA) is 23.8 Å². The number of halogens is 2. The molecule has 0 spiro atoms. The van der Waals surface area contributed by atoms with Gasteiger partial charge in [-0.05, 0) is 36.0 Å². The quantitative estimate of drug-likeness (QED) is 0.450. The lowest BCUT2D eigenvalue weighted by Crippen LogP contribution is -2.25. The first kappa shape index (κ1) is 21.7. The van der Waals surface area contributed by atoms with E-state index in [1.165, 1.54) is 49.0 Å². The SMILES string of the molecule is CCC[Si@H]1CC[C@H](c2cccc(C3(F)CC=CC=C3c3cccc(C#N)c3F)c2)CC1. The van der Waals surface area contributed by atoms with Crippen LogP contribution < -0.4 is 0 Å². The predicted octanol–water partition coefficient (Wildman–Crippen LogP) is 7.42. The number of alkyl halides is 1. The van der Waals surface area contributed by atoms with E-state index in [2.05, 4.69) is 13.0 Å². The standard InChI is InChI=1S/C27H29F2NSi/c1-2-15-31-16-12-20(13-17-31)21-7-5-9-23(18-21)27(29)14-4-3-11-25(27)24-10-6-8-22(19-30)26(24)28/h3-11,18,20,31H,2,12-17H2,1H3/t20-,27?,31-. The molecule has 0 saturated carbocycles. The molecule has 1 heterocycles. The summed E-state index contributed by atoms with van der Waals surface area (Å²) in [5.41, 5.74) is 0.377. The van der Waals surface area contributed by atoms with Gasteiger partial charge in [0.25, 0.3) is 0 Å². The Balaban J connectivity index is 1.66. The molecular formula is C27H29F2NSi. The fourth-order valence-electron chi connectivity index (χ4n) is 5.27. The zero-order chi connectivity index (χ0) is 21.8. The van der Waals surface area contributed by atoms with Gasteiger partial charge in [-0.2, -0.15) is 5.26 Å². The molecule has 2 aromatic carbocycles. The van der Waals surface area contributed by atoms with E-state index in [-0.39, 0.29) is 17.5 Å². The molecule has 1 aliphatic heterocycles. The second-order valence-corrected chi connectivity index (χ2v) is 12.4. The van der Waals surface area contributed by atoms with Crippen LogP contribution in [0.25, 0.3) is 5.57 Å². The molecule has 0 radical (unpaired) electrons. The van der Waals surface area contributed by atoms with Gasteiger partial charge in [0, 0.05) is 26.4 Å². The largest absolute Gasteiger partial charge is 0.233 e. The van der Waals surface area contributed by atoms with Crippen molar-refractivity contribution >= 4 is 14.4 Å². The first-order chi connectivity index (χ1) is 15.1. The molecule has 1 saturated heterocycles. The van der Waals surface area contributed by atoms with Crippen molar-refractivity contribution < 1.29 is 8.78 Å². The summed E-state index contributed by atoms with van der Waals surface area (Å²) in [7, 11) is -0.568. The van der Waals surface area contributed by atoms with Crippen LogP contribution >= 0.6 is 0 Å². The molecule has 1 fully saturated rings. The lowest BCUT2D eigenvalue weighted by atomic mass is 9.77. The third-order valence-corrected chi connectivity index (χ3v) is 10.7. The predicted molar refractivity (Wildman–Crippen MR) is 126 cm³/mol. The molecule has 4 rings (SSSR count). The maximum atomic E-state index is 16.6. The summed E-state index contributed by atoms with van der Waals surface area (Å²) in [5.74, 6) is -0.154. The van der Waals surface area contributed by atoms with E-state index in [1.54, 1.807) is 30.4 Å². The zero-order valence-corrected chi connectivity index (χ0v) is 19.2. The van der Waals surface area contributed by atoms with Crippen molar-refractivity contribution in [3.63, 3.8) is 0 Å². The Morgan fingerprint density at radius 2 is 1.94 bits per heavy atom. The Bertz CT molecular complexity index is 1040. The fraction of sp³-hybridized carbons (Fsp3) is 0.370. The van der Waals surface area contributed by atoms with Crippen molar-refractivity contribution in [3.8, 4) is 6.07 Å². The highest BCUT2D eigenvalue weighted by atomic mass is 28.3. The van der Waals surface area contributed by atoms with E-state index in [4.69, 9.17) is 0 Å². The Hall–Kier alpha value is -2.51. The molecule has 1 atom stereocenters. The summed E-state index contributed by atoms with van der Waals surface area (Å²) in [6.45, 7) is 2.28. The van der Waals surface area contributed by atoms with E-state index in [0.29, 0.717) is 17.1 Å². The molecule has 2 aromatic rings. The Kier molecular flexibility index (Phi) is 6.53. The van der Waals surface area contributed by atoms with Crippen molar-refractivity contribution in [3.05, 3.63) is 88.8 Å². The van der Waals surface area contributed by atoms with E-state index in [0.717, 1.165) is 0 Å². The first-order valence-corrected chi connectivity index (χ1v) is 13.9. The molecule has 160 valence electrons. The Morgan fingerprint density at radius 3 is 2.68 bits per heavy atom. The minimum atomic E-state index is -1.81. The molecule has 0 N–H and O–H groups in total. The van der Waals surface area contributed by atoms with Gasteiger partial charge in [-0.25, -0.2) is 8.78 Å². The molecule has 0 aromatic heterocycles. The van der Waals surface area contributed by atoms with Crippen molar-refractivity contribution in [2.24, 2.45) is 0 Å². The van der Waals surface area contributed by atoms with E-state index < -0.39 is 20.3 Å². The molecule has 31 heavy (non-hydrogen) atoms. The normalized spacial score (nSPS) is 25.7. The Morgan fingerprint density at radius 1 is 1.16 bits per heavy atom. The fourth-order valence-corrected chi connectivity index (χ4v) is 8.70. The van der Waals surface area contributed by atoms with Crippen molar-refractivity contribution in [1.82, 2.24) is 0 Å².